The van der Waals surface area contributed by atoms with Crippen molar-refractivity contribution in [1.29, 1.82) is 0 Å². The van der Waals surface area contributed by atoms with Crippen molar-refractivity contribution in [3.05, 3.63) is 59.7 Å². The van der Waals surface area contributed by atoms with Crippen LogP contribution in [0.15, 0.2) is 48.5 Å². The van der Waals surface area contributed by atoms with Gasteiger partial charge in [0.15, 0.2) is 0 Å². The number of hydrogen-bond donors (Lipinski definition) is 3. The summed E-state index contributed by atoms with van der Waals surface area (Å²) in [5.74, 6) is -0.710. The molecule has 1 atom stereocenters. The fourth-order valence-electron chi connectivity index (χ4n) is 3.69. The Morgan fingerprint density at radius 2 is 1.73 bits per heavy atom. The van der Waals surface area contributed by atoms with Gasteiger partial charge < -0.3 is 16.4 Å². The lowest BCUT2D eigenvalue weighted by Gasteiger charge is -2.38. The summed E-state index contributed by atoms with van der Waals surface area (Å²) in [6.07, 6.45) is 0.277. The zero-order valence-electron chi connectivity index (χ0n) is 20.1. The maximum Gasteiger partial charge on any atom is 0.252 e. The molecule has 0 radical (unpaired) electrons. The monoisotopic (exact) mass is 450 g/mol. The van der Waals surface area contributed by atoms with E-state index in [0.717, 1.165) is 5.56 Å². The number of rotatable bonds is 6. The number of nitrogens with zero attached hydrogens (tertiary/aromatic N) is 1. The molecule has 2 aromatic carbocycles. The molecular formula is C26H34N4O3. The van der Waals surface area contributed by atoms with Gasteiger partial charge in [0.05, 0.1) is 11.4 Å². The van der Waals surface area contributed by atoms with Gasteiger partial charge in [0.1, 0.15) is 6.04 Å². The number of hydrogen-bond acceptors (Lipinski definition) is 4. The van der Waals surface area contributed by atoms with E-state index in [1.54, 1.807) is 23.1 Å². The van der Waals surface area contributed by atoms with E-state index in [9.17, 15) is 14.4 Å². The molecule has 1 aliphatic rings. The van der Waals surface area contributed by atoms with Crippen molar-refractivity contribution < 1.29 is 14.4 Å². The van der Waals surface area contributed by atoms with Gasteiger partial charge in [0, 0.05) is 18.5 Å². The molecule has 7 nitrogen and oxygen atoms in total. The molecule has 0 saturated carbocycles. The van der Waals surface area contributed by atoms with Gasteiger partial charge in [0.25, 0.3) is 11.8 Å². The summed E-state index contributed by atoms with van der Waals surface area (Å²) in [7, 11) is 0. The zero-order chi connectivity index (χ0) is 24.4. The minimum absolute atomic E-state index is 0.144. The van der Waals surface area contributed by atoms with Gasteiger partial charge in [0.2, 0.25) is 5.91 Å². The lowest BCUT2D eigenvalue weighted by molar-refractivity contribution is -0.125. The highest BCUT2D eigenvalue weighted by molar-refractivity contribution is 6.13. The SMILES string of the molecule is CC(C)(C)CC(=O)N1c2ccc(C(=O)NCC(C)(C)CN)cc2NC(=O)C1c1ccccc1. The number of nitrogens with one attached hydrogen (secondary N) is 2. The summed E-state index contributed by atoms with van der Waals surface area (Å²) >= 11 is 0. The van der Waals surface area contributed by atoms with Gasteiger partial charge >= 0.3 is 0 Å². The second-order valence-corrected chi connectivity index (χ2v) is 10.6. The molecule has 0 aliphatic carbocycles. The van der Waals surface area contributed by atoms with E-state index >= 15 is 0 Å². The van der Waals surface area contributed by atoms with Crippen molar-refractivity contribution in [2.45, 2.75) is 47.1 Å². The van der Waals surface area contributed by atoms with E-state index in [2.05, 4.69) is 10.6 Å². The Morgan fingerprint density at radius 1 is 1.06 bits per heavy atom. The highest BCUT2D eigenvalue weighted by Gasteiger charge is 2.39. The largest absolute Gasteiger partial charge is 0.351 e. The van der Waals surface area contributed by atoms with E-state index in [1.165, 1.54) is 0 Å². The summed E-state index contributed by atoms with van der Waals surface area (Å²) in [5, 5.41) is 5.80. The molecule has 7 heteroatoms. The van der Waals surface area contributed by atoms with Crippen LogP contribution in [-0.4, -0.2) is 30.8 Å². The van der Waals surface area contributed by atoms with E-state index < -0.39 is 6.04 Å². The smallest absolute Gasteiger partial charge is 0.252 e. The van der Waals surface area contributed by atoms with Crippen LogP contribution in [0.4, 0.5) is 11.4 Å². The molecule has 0 aromatic heterocycles. The highest BCUT2D eigenvalue weighted by atomic mass is 16.2. The quantitative estimate of drug-likeness (QED) is 0.621. The normalized spacial score (nSPS) is 16.1. The number of anilines is 2. The third-order valence-electron chi connectivity index (χ3n) is 5.63. The van der Waals surface area contributed by atoms with Crippen LogP contribution in [0.2, 0.25) is 0 Å². The minimum atomic E-state index is -0.779. The van der Waals surface area contributed by atoms with Crippen molar-refractivity contribution in [2.75, 3.05) is 23.3 Å². The van der Waals surface area contributed by atoms with Crippen LogP contribution in [0.25, 0.3) is 0 Å². The maximum atomic E-state index is 13.4. The standard InChI is InChI=1S/C26H34N4O3/c1-25(2,3)14-21(31)30-20-12-11-18(23(32)28-16-26(4,5)15-27)13-19(20)29-24(33)22(30)17-9-7-6-8-10-17/h6-13,22H,14-16,27H2,1-5H3,(H,28,32)(H,29,33). The second-order valence-electron chi connectivity index (χ2n) is 10.6. The van der Waals surface area contributed by atoms with Crippen LogP contribution in [0.5, 0.6) is 0 Å². The Bertz CT molecular complexity index is 1040. The molecule has 0 spiro atoms. The van der Waals surface area contributed by atoms with Crippen molar-refractivity contribution in [3.8, 4) is 0 Å². The van der Waals surface area contributed by atoms with E-state index in [0.29, 0.717) is 30.0 Å². The molecular weight excluding hydrogens is 416 g/mol. The summed E-state index contributed by atoms with van der Waals surface area (Å²) in [5.41, 5.74) is 7.44. The fourth-order valence-corrected chi connectivity index (χ4v) is 3.69. The second kappa shape index (κ2) is 9.35. The molecule has 2 aromatic rings. The highest BCUT2D eigenvalue weighted by Crippen LogP contribution is 2.40. The van der Waals surface area contributed by atoms with Gasteiger partial charge in [-0.15, -0.1) is 0 Å². The van der Waals surface area contributed by atoms with Crippen molar-refractivity contribution in [1.82, 2.24) is 5.32 Å². The number of benzene rings is 2. The third-order valence-corrected chi connectivity index (χ3v) is 5.63. The van der Waals surface area contributed by atoms with Crippen molar-refractivity contribution >= 4 is 29.1 Å². The Balaban J connectivity index is 1.98. The van der Waals surface area contributed by atoms with Crippen LogP contribution in [-0.2, 0) is 9.59 Å². The topological polar surface area (TPSA) is 105 Å². The predicted molar refractivity (Wildman–Crippen MR) is 131 cm³/mol. The molecule has 0 fully saturated rings. The molecule has 176 valence electrons. The maximum absolute atomic E-state index is 13.4. The Morgan fingerprint density at radius 3 is 2.33 bits per heavy atom. The number of nitrogens with two attached hydrogens (primary N) is 1. The molecule has 0 saturated heterocycles. The molecule has 1 heterocycles. The predicted octanol–water partition coefficient (Wildman–Crippen LogP) is 3.86. The van der Waals surface area contributed by atoms with Gasteiger partial charge in [-0.05, 0) is 41.1 Å². The van der Waals surface area contributed by atoms with E-state index in [4.69, 9.17) is 5.73 Å². The number of fused-ring (bicyclic) bond motifs is 1. The first-order valence-electron chi connectivity index (χ1n) is 11.2. The third kappa shape index (κ3) is 5.79. The Labute approximate surface area is 195 Å². The average Bonchev–Trinajstić information content (AvgIpc) is 2.75. The number of carbonyl (C=O) groups is 3. The van der Waals surface area contributed by atoms with Gasteiger partial charge in [-0.3, -0.25) is 19.3 Å². The van der Waals surface area contributed by atoms with Crippen LogP contribution >= 0.6 is 0 Å². The molecule has 0 bridgehead atoms. The van der Waals surface area contributed by atoms with Crippen molar-refractivity contribution in [3.63, 3.8) is 0 Å². The molecule has 1 unspecified atom stereocenters. The average molecular weight is 451 g/mol. The zero-order valence-corrected chi connectivity index (χ0v) is 20.1. The van der Waals surface area contributed by atoms with Gasteiger partial charge in [-0.2, -0.15) is 0 Å². The lowest BCUT2D eigenvalue weighted by Crippen LogP contribution is -2.46. The molecule has 3 rings (SSSR count). The van der Waals surface area contributed by atoms with Crippen LogP contribution < -0.4 is 21.3 Å². The molecule has 4 N–H and O–H groups in total. The van der Waals surface area contributed by atoms with Gasteiger partial charge in [-0.25, -0.2) is 0 Å². The summed E-state index contributed by atoms with van der Waals surface area (Å²) in [4.78, 5) is 40.9. The molecule has 3 amide bonds. The Hall–Kier alpha value is -3.19. The summed E-state index contributed by atoms with van der Waals surface area (Å²) < 4.78 is 0. The first kappa shape index (κ1) is 24.5. The van der Waals surface area contributed by atoms with Crippen LogP contribution in [0.1, 0.15) is 63.0 Å². The lowest BCUT2D eigenvalue weighted by atomic mass is 9.90. The summed E-state index contributed by atoms with van der Waals surface area (Å²) in [6, 6.07) is 13.5. The number of amides is 3. The summed E-state index contributed by atoms with van der Waals surface area (Å²) in [6.45, 7) is 10.8. The van der Waals surface area contributed by atoms with Gasteiger partial charge in [-0.1, -0.05) is 65.0 Å². The van der Waals surface area contributed by atoms with Crippen molar-refractivity contribution in [2.24, 2.45) is 16.6 Å². The minimum Gasteiger partial charge on any atom is -0.351 e. The Kier molecular flexibility index (Phi) is 6.93. The molecule has 1 aliphatic heterocycles. The first-order chi connectivity index (χ1) is 15.4. The van der Waals surface area contributed by atoms with Crippen LogP contribution in [0, 0.1) is 10.8 Å². The number of carbonyl (C=O) groups excluding carboxylic acids is 3. The van der Waals surface area contributed by atoms with E-state index in [-0.39, 0.29) is 35.0 Å². The molecule has 33 heavy (non-hydrogen) atoms. The van der Waals surface area contributed by atoms with Crippen LogP contribution in [0.3, 0.4) is 0 Å². The van der Waals surface area contributed by atoms with E-state index in [1.807, 2.05) is 65.0 Å². The first-order valence-corrected chi connectivity index (χ1v) is 11.2. The fraction of sp³-hybridized carbons (Fsp3) is 0.423.